The van der Waals surface area contributed by atoms with Crippen molar-refractivity contribution in [2.24, 2.45) is 0 Å². The molecule has 0 bridgehead atoms. The SMILES string of the molecule is Cc1cc(=O)n(CCN2CCC(NCc3ccc4c(c3)OCCO4)CC2)c2cc(C(=O)N(C)C)ccc12. The van der Waals surface area contributed by atoms with E-state index in [1.54, 1.807) is 25.1 Å². The number of fused-ring (bicyclic) bond motifs is 2. The summed E-state index contributed by atoms with van der Waals surface area (Å²) < 4.78 is 13.1. The number of nitrogens with zero attached hydrogens (tertiary/aromatic N) is 3. The van der Waals surface area contributed by atoms with E-state index in [0.717, 1.165) is 67.0 Å². The highest BCUT2D eigenvalue weighted by molar-refractivity contribution is 5.98. The number of aromatic nitrogens is 1. The summed E-state index contributed by atoms with van der Waals surface area (Å²) in [6.07, 6.45) is 2.13. The molecule has 3 heterocycles. The minimum absolute atomic E-state index is 0.0181. The fourth-order valence-electron chi connectivity index (χ4n) is 5.23. The summed E-state index contributed by atoms with van der Waals surface area (Å²) >= 11 is 0. The van der Waals surface area contributed by atoms with Crippen LogP contribution in [0.1, 0.15) is 34.3 Å². The average Bonchev–Trinajstić information content (AvgIpc) is 2.91. The third kappa shape index (κ3) is 5.65. The van der Waals surface area contributed by atoms with Crippen molar-refractivity contribution in [3.63, 3.8) is 0 Å². The molecule has 5 rings (SSSR count). The molecule has 1 N–H and O–H groups in total. The van der Waals surface area contributed by atoms with Gasteiger partial charge in [0.05, 0.1) is 5.52 Å². The van der Waals surface area contributed by atoms with Gasteiger partial charge in [-0.15, -0.1) is 0 Å². The van der Waals surface area contributed by atoms with E-state index >= 15 is 0 Å². The molecule has 1 aromatic heterocycles. The largest absolute Gasteiger partial charge is 0.486 e. The summed E-state index contributed by atoms with van der Waals surface area (Å²) in [7, 11) is 3.48. The third-order valence-corrected chi connectivity index (χ3v) is 7.40. The molecular weight excluding hydrogens is 468 g/mol. The van der Waals surface area contributed by atoms with Gasteiger partial charge in [0.1, 0.15) is 13.2 Å². The number of pyridine rings is 1. The van der Waals surface area contributed by atoms with Gasteiger partial charge in [0.2, 0.25) is 0 Å². The summed E-state index contributed by atoms with van der Waals surface area (Å²) in [6, 6.07) is 14.0. The standard InChI is InChI=1S/C29H36N4O4/c1-20-16-28(34)33(25-18-22(5-6-24(20)25)29(35)31(2)3)13-12-32-10-8-23(9-11-32)30-19-21-4-7-26-27(17-21)37-15-14-36-26/h4-7,16-18,23,30H,8-15,19H2,1-3H3. The lowest BCUT2D eigenvalue weighted by Gasteiger charge is -2.32. The van der Waals surface area contributed by atoms with Crippen LogP contribution in [0.25, 0.3) is 10.9 Å². The van der Waals surface area contributed by atoms with Gasteiger partial charge in [-0.1, -0.05) is 12.1 Å². The zero-order chi connectivity index (χ0) is 25.9. The highest BCUT2D eigenvalue weighted by atomic mass is 16.6. The van der Waals surface area contributed by atoms with Gasteiger partial charge in [0, 0.05) is 56.8 Å². The second kappa shape index (κ2) is 10.9. The smallest absolute Gasteiger partial charge is 0.253 e. The molecular formula is C29H36N4O4. The molecule has 2 aliphatic heterocycles. The number of hydrogen-bond donors (Lipinski definition) is 1. The quantitative estimate of drug-likeness (QED) is 0.533. The monoisotopic (exact) mass is 504 g/mol. The number of carbonyl (C=O) groups excluding carboxylic acids is 1. The van der Waals surface area contributed by atoms with Crippen molar-refractivity contribution in [1.29, 1.82) is 0 Å². The molecule has 37 heavy (non-hydrogen) atoms. The Morgan fingerprint density at radius 1 is 1.00 bits per heavy atom. The van der Waals surface area contributed by atoms with Crippen LogP contribution >= 0.6 is 0 Å². The van der Waals surface area contributed by atoms with Gasteiger partial charge in [-0.2, -0.15) is 0 Å². The molecule has 0 aliphatic carbocycles. The maximum Gasteiger partial charge on any atom is 0.253 e. The highest BCUT2D eigenvalue weighted by Gasteiger charge is 2.20. The number of aryl methyl sites for hydroxylation is 1. The lowest BCUT2D eigenvalue weighted by molar-refractivity contribution is 0.0827. The lowest BCUT2D eigenvalue weighted by atomic mass is 10.0. The van der Waals surface area contributed by atoms with Crippen LogP contribution in [0.2, 0.25) is 0 Å². The average molecular weight is 505 g/mol. The number of rotatable bonds is 7. The van der Waals surface area contributed by atoms with Crippen molar-refractivity contribution in [3.05, 3.63) is 69.5 Å². The molecule has 0 radical (unpaired) electrons. The Hall–Kier alpha value is -3.36. The molecule has 8 nitrogen and oxygen atoms in total. The van der Waals surface area contributed by atoms with E-state index in [0.29, 0.717) is 31.4 Å². The minimum Gasteiger partial charge on any atom is -0.486 e. The van der Waals surface area contributed by atoms with Crippen LogP contribution in [-0.2, 0) is 13.1 Å². The van der Waals surface area contributed by atoms with Crippen LogP contribution in [0.5, 0.6) is 11.5 Å². The van der Waals surface area contributed by atoms with Crippen molar-refractivity contribution >= 4 is 16.8 Å². The van der Waals surface area contributed by atoms with E-state index in [1.165, 1.54) is 5.56 Å². The Morgan fingerprint density at radius 3 is 2.51 bits per heavy atom. The van der Waals surface area contributed by atoms with Crippen molar-refractivity contribution in [2.75, 3.05) is 46.9 Å². The van der Waals surface area contributed by atoms with Crippen LogP contribution in [-0.4, -0.2) is 73.3 Å². The Morgan fingerprint density at radius 2 is 1.76 bits per heavy atom. The van der Waals surface area contributed by atoms with Crippen molar-refractivity contribution in [2.45, 2.75) is 38.9 Å². The van der Waals surface area contributed by atoms with Crippen LogP contribution in [0.4, 0.5) is 0 Å². The molecule has 196 valence electrons. The minimum atomic E-state index is -0.0618. The van der Waals surface area contributed by atoms with Gasteiger partial charge < -0.3 is 29.2 Å². The first-order valence-corrected chi connectivity index (χ1v) is 13.1. The third-order valence-electron chi connectivity index (χ3n) is 7.40. The second-order valence-electron chi connectivity index (χ2n) is 10.2. The molecule has 2 aromatic carbocycles. The number of ether oxygens (including phenoxy) is 2. The molecule has 0 saturated carbocycles. The van der Waals surface area contributed by atoms with E-state index in [2.05, 4.69) is 22.3 Å². The number of likely N-dealkylation sites (tertiary alicyclic amines) is 1. The zero-order valence-electron chi connectivity index (χ0n) is 22.0. The number of carbonyl (C=O) groups is 1. The predicted octanol–water partition coefficient (Wildman–Crippen LogP) is 3.04. The van der Waals surface area contributed by atoms with E-state index in [9.17, 15) is 9.59 Å². The normalized spacial score (nSPS) is 16.2. The Labute approximate surface area is 217 Å². The molecule has 1 saturated heterocycles. The molecule has 8 heteroatoms. The molecule has 1 amide bonds. The Bertz CT molecular complexity index is 1340. The summed E-state index contributed by atoms with van der Waals surface area (Å²) in [4.78, 5) is 29.4. The van der Waals surface area contributed by atoms with Crippen molar-refractivity contribution in [3.8, 4) is 11.5 Å². The lowest BCUT2D eigenvalue weighted by Crippen LogP contribution is -2.43. The van der Waals surface area contributed by atoms with E-state index < -0.39 is 0 Å². The van der Waals surface area contributed by atoms with Gasteiger partial charge >= 0.3 is 0 Å². The van der Waals surface area contributed by atoms with Gasteiger partial charge in [-0.05, 0) is 68.2 Å². The molecule has 0 spiro atoms. The first-order valence-electron chi connectivity index (χ1n) is 13.1. The van der Waals surface area contributed by atoms with Crippen molar-refractivity contribution in [1.82, 2.24) is 19.7 Å². The van der Waals surface area contributed by atoms with Gasteiger partial charge in [0.15, 0.2) is 11.5 Å². The zero-order valence-corrected chi connectivity index (χ0v) is 22.0. The predicted molar refractivity (Wildman–Crippen MR) is 145 cm³/mol. The number of piperidine rings is 1. The van der Waals surface area contributed by atoms with Gasteiger partial charge in [-0.3, -0.25) is 9.59 Å². The number of nitrogens with one attached hydrogen (secondary N) is 1. The summed E-state index contributed by atoms with van der Waals surface area (Å²) in [5.74, 6) is 1.59. The Kier molecular flexibility index (Phi) is 7.48. The number of amides is 1. The molecule has 3 aromatic rings. The maximum absolute atomic E-state index is 12.9. The fourth-order valence-corrected chi connectivity index (χ4v) is 5.23. The number of benzene rings is 2. The van der Waals surface area contributed by atoms with E-state index in [1.807, 2.05) is 35.8 Å². The van der Waals surface area contributed by atoms with E-state index in [-0.39, 0.29) is 11.5 Å². The van der Waals surface area contributed by atoms with Crippen LogP contribution in [0.3, 0.4) is 0 Å². The Balaban J connectivity index is 1.18. The summed E-state index contributed by atoms with van der Waals surface area (Å²) in [6.45, 7) is 7.34. The maximum atomic E-state index is 12.9. The molecule has 1 fully saturated rings. The molecule has 2 aliphatic rings. The van der Waals surface area contributed by atoms with Gasteiger partial charge in [-0.25, -0.2) is 0 Å². The fraction of sp³-hybridized carbons (Fsp3) is 0.448. The van der Waals surface area contributed by atoms with Crippen LogP contribution < -0.4 is 20.3 Å². The molecule has 0 atom stereocenters. The van der Waals surface area contributed by atoms with Crippen molar-refractivity contribution < 1.29 is 14.3 Å². The number of hydrogen-bond acceptors (Lipinski definition) is 6. The molecule has 0 unspecified atom stereocenters. The first kappa shape index (κ1) is 25.3. The first-order chi connectivity index (χ1) is 17.9. The van der Waals surface area contributed by atoms with Gasteiger partial charge in [0.25, 0.3) is 11.5 Å². The van der Waals surface area contributed by atoms with Crippen LogP contribution in [0, 0.1) is 6.92 Å². The topological polar surface area (TPSA) is 76.0 Å². The summed E-state index contributed by atoms with van der Waals surface area (Å²) in [5, 5.41) is 4.70. The highest BCUT2D eigenvalue weighted by Crippen LogP contribution is 2.30. The second-order valence-corrected chi connectivity index (χ2v) is 10.2. The van der Waals surface area contributed by atoms with E-state index in [4.69, 9.17) is 9.47 Å². The van der Waals surface area contributed by atoms with Crippen LogP contribution in [0.15, 0.2) is 47.3 Å². The summed E-state index contributed by atoms with van der Waals surface area (Å²) in [5.41, 5.74) is 3.54.